The third-order valence-corrected chi connectivity index (χ3v) is 4.09. The second kappa shape index (κ2) is 8.84. The molecule has 1 aliphatic carbocycles. The highest BCUT2D eigenvalue weighted by atomic mass is 14.3. The van der Waals surface area contributed by atoms with E-state index >= 15 is 0 Å². The van der Waals surface area contributed by atoms with Crippen LogP contribution in [0.25, 0.3) is 0 Å². The predicted molar refractivity (Wildman–Crippen MR) is 73.6 cm³/mol. The van der Waals surface area contributed by atoms with Crippen LogP contribution in [0.4, 0.5) is 0 Å². The Hall–Kier alpha value is -0.260. The largest absolute Gasteiger partial charge is 0.0888 e. The average Bonchev–Trinajstić information content (AvgIpc) is 2.73. The quantitative estimate of drug-likeness (QED) is 0.363. The van der Waals surface area contributed by atoms with Gasteiger partial charge < -0.3 is 0 Å². The summed E-state index contributed by atoms with van der Waals surface area (Å²) in [6.45, 7) is 4.53. The molecule has 0 heteroatoms. The van der Waals surface area contributed by atoms with Crippen LogP contribution in [0.5, 0.6) is 0 Å². The summed E-state index contributed by atoms with van der Waals surface area (Å²) in [6.07, 6.45) is 19.1. The molecule has 1 aliphatic rings. The van der Waals surface area contributed by atoms with E-state index in [-0.39, 0.29) is 0 Å². The molecule has 0 aromatic rings. The molecule has 0 spiro atoms. The van der Waals surface area contributed by atoms with Crippen molar-refractivity contribution in [3.63, 3.8) is 0 Å². The second-order valence-electron chi connectivity index (χ2n) is 5.42. The molecule has 16 heavy (non-hydrogen) atoms. The van der Waals surface area contributed by atoms with Crippen LogP contribution in [0.3, 0.4) is 0 Å². The van der Waals surface area contributed by atoms with Crippen LogP contribution in [-0.4, -0.2) is 0 Å². The lowest BCUT2D eigenvalue weighted by Gasteiger charge is -2.17. The van der Waals surface area contributed by atoms with Gasteiger partial charge in [-0.3, -0.25) is 0 Å². The second-order valence-corrected chi connectivity index (χ2v) is 5.42. The van der Waals surface area contributed by atoms with Gasteiger partial charge in [-0.25, -0.2) is 0 Å². The summed E-state index contributed by atoms with van der Waals surface area (Å²) in [4.78, 5) is 0. The number of allylic oxidation sites excluding steroid dienone is 2. The molecule has 1 rings (SSSR count). The zero-order valence-electron chi connectivity index (χ0n) is 11.4. The standard InChI is InChI=1S/C16H30/c1-3-5-7-9-12-16-14-10-13-15(16)11-8-6-4-2/h6,8,15-16H,3-5,7,9-14H2,1-2H3/b8-6-/t15-,16-/m0/s1. The minimum atomic E-state index is 1.02. The number of hydrogen-bond donors (Lipinski definition) is 0. The van der Waals surface area contributed by atoms with Gasteiger partial charge in [0.15, 0.2) is 0 Å². The molecule has 1 fully saturated rings. The summed E-state index contributed by atoms with van der Waals surface area (Å²) >= 11 is 0. The summed E-state index contributed by atoms with van der Waals surface area (Å²) in [5, 5.41) is 0. The summed E-state index contributed by atoms with van der Waals surface area (Å²) in [7, 11) is 0. The highest BCUT2D eigenvalue weighted by molar-refractivity contribution is 4.87. The maximum absolute atomic E-state index is 2.43. The molecule has 94 valence electrons. The Bertz CT molecular complexity index is 180. The first-order valence-electron chi connectivity index (χ1n) is 7.53. The summed E-state index contributed by atoms with van der Waals surface area (Å²) in [5.41, 5.74) is 0. The molecule has 0 aliphatic heterocycles. The monoisotopic (exact) mass is 222 g/mol. The van der Waals surface area contributed by atoms with Crippen molar-refractivity contribution in [1.29, 1.82) is 0 Å². The van der Waals surface area contributed by atoms with E-state index in [1.807, 2.05) is 0 Å². The van der Waals surface area contributed by atoms with Crippen LogP contribution in [-0.2, 0) is 0 Å². The molecule has 2 atom stereocenters. The van der Waals surface area contributed by atoms with Crippen molar-refractivity contribution in [2.24, 2.45) is 11.8 Å². The van der Waals surface area contributed by atoms with Crippen LogP contribution in [0.15, 0.2) is 12.2 Å². The molecule has 0 aromatic carbocycles. The molecule has 0 N–H and O–H groups in total. The van der Waals surface area contributed by atoms with E-state index in [1.54, 1.807) is 0 Å². The molecule has 1 saturated carbocycles. The normalized spacial score (nSPS) is 25.6. The van der Waals surface area contributed by atoms with Gasteiger partial charge in [-0.1, -0.05) is 70.9 Å². The number of hydrogen-bond acceptors (Lipinski definition) is 0. The first kappa shape index (κ1) is 13.8. The fourth-order valence-electron chi connectivity index (χ4n) is 3.07. The molecule has 0 unspecified atom stereocenters. The number of rotatable bonds is 8. The van der Waals surface area contributed by atoms with Gasteiger partial charge in [0, 0.05) is 0 Å². The van der Waals surface area contributed by atoms with Crippen molar-refractivity contribution in [2.75, 3.05) is 0 Å². The van der Waals surface area contributed by atoms with E-state index in [1.165, 1.54) is 64.2 Å². The van der Waals surface area contributed by atoms with Gasteiger partial charge in [0.25, 0.3) is 0 Å². The fourth-order valence-corrected chi connectivity index (χ4v) is 3.07. The lowest BCUT2D eigenvalue weighted by atomic mass is 9.88. The predicted octanol–water partition coefficient (Wildman–Crippen LogP) is 5.73. The minimum absolute atomic E-state index is 1.02. The third kappa shape index (κ3) is 5.18. The zero-order chi connectivity index (χ0) is 11.6. The molecule has 0 bridgehead atoms. The van der Waals surface area contributed by atoms with E-state index in [4.69, 9.17) is 0 Å². The Morgan fingerprint density at radius 2 is 1.75 bits per heavy atom. The van der Waals surface area contributed by atoms with Crippen LogP contribution in [0.1, 0.15) is 78.1 Å². The fraction of sp³-hybridized carbons (Fsp3) is 0.875. The van der Waals surface area contributed by atoms with Crippen molar-refractivity contribution < 1.29 is 0 Å². The highest BCUT2D eigenvalue weighted by Crippen LogP contribution is 2.37. The maximum Gasteiger partial charge on any atom is -0.0320 e. The lowest BCUT2D eigenvalue weighted by molar-refractivity contribution is 0.353. The Morgan fingerprint density at radius 1 is 0.938 bits per heavy atom. The Balaban J connectivity index is 2.15. The van der Waals surface area contributed by atoms with Gasteiger partial charge >= 0.3 is 0 Å². The summed E-state index contributed by atoms with van der Waals surface area (Å²) in [6, 6.07) is 0. The van der Waals surface area contributed by atoms with E-state index in [2.05, 4.69) is 26.0 Å². The average molecular weight is 222 g/mol. The molecule has 0 saturated heterocycles. The van der Waals surface area contributed by atoms with Gasteiger partial charge in [-0.05, 0) is 31.1 Å². The van der Waals surface area contributed by atoms with Crippen molar-refractivity contribution in [2.45, 2.75) is 78.1 Å². The van der Waals surface area contributed by atoms with E-state index in [0.29, 0.717) is 0 Å². The van der Waals surface area contributed by atoms with Crippen molar-refractivity contribution in [3.8, 4) is 0 Å². The van der Waals surface area contributed by atoms with Gasteiger partial charge in [0.2, 0.25) is 0 Å². The topological polar surface area (TPSA) is 0 Å². The van der Waals surface area contributed by atoms with Gasteiger partial charge in [0.05, 0.1) is 0 Å². The molecule has 0 heterocycles. The van der Waals surface area contributed by atoms with Crippen LogP contribution in [0, 0.1) is 11.8 Å². The molecule has 0 nitrogen and oxygen atoms in total. The van der Waals surface area contributed by atoms with E-state index in [0.717, 1.165) is 11.8 Å². The van der Waals surface area contributed by atoms with E-state index < -0.39 is 0 Å². The minimum Gasteiger partial charge on any atom is -0.0888 e. The van der Waals surface area contributed by atoms with Crippen LogP contribution >= 0.6 is 0 Å². The zero-order valence-corrected chi connectivity index (χ0v) is 11.4. The smallest absolute Gasteiger partial charge is 0.0320 e. The van der Waals surface area contributed by atoms with Crippen molar-refractivity contribution >= 4 is 0 Å². The Kier molecular flexibility index (Phi) is 7.63. The lowest BCUT2D eigenvalue weighted by Crippen LogP contribution is -2.06. The summed E-state index contributed by atoms with van der Waals surface area (Å²) < 4.78 is 0. The molecular weight excluding hydrogens is 192 g/mol. The molecule has 0 amide bonds. The molecule has 0 aromatic heterocycles. The molecule has 0 radical (unpaired) electrons. The summed E-state index contributed by atoms with van der Waals surface area (Å²) in [5.74, 6) is 2.07. The van der Waals surface area contributed by atoms with Crippen molar-refractivity contribution in [1.82, 2.24) is 0 Å². The third-order valence-electron chi connectivity index (χ3n) is 4.09. The number of unbranched alkanes of at least 4 members (excludes halogenated alkanes) is 3. The van der Waals surface area contributed by atoms with Crippen LogP contribution in [0.2, 0.25) is 0 Å². The maximum atomic E-state index is 2.43. The van der Waals surface area contributed by atoms with Gasteiger partial charge in [-0.15, -0.1) is 0 Å². The molecular formula is C16H30. The van der Waals surface area contributed by atoms with Gasteiger partial charge in [-0.2, -0.15) is 0 Å². The SMILES string of the molecule is CC/C=C\C[C@H]1CCC[C@@H]1CCCCCC. The first-order valence-corrected chi connectivity index (χ1v) is 7.53. The first-order chi connectivity index (χ1) is 7.88. The van der Waals surface area contributed by atoms with Crippen molar-refractivity contribution in [3.05, 3.63) is 12.2 Å². The Labute approximate surface area is 103 Å². The van der Waals surface area contributed by atoms with Gasteiger partial charge in [0.1, 0.15) is 0 Å². The van der Waals surface area contributed by atoms with E-state index in [9.17, 15) is 0 Å². The van der Waals surface area contributed by atoms with Crippen LogP contribution < -0.4 is 0 Å². The Morgan fingerprint density at radius 3 is 2.50 bits per heavy atom. The highest BCUT2D eigenvalue weighted by Gasteiger charge is 2.25.